The molecule has 1 atom stereocenters. The number of carbonyl (C=O) groups is 2. The summed E-state index contributed by atoms with van der Waals surface area (Å²) in [5.41, 5.74) is 0. The minimum absolute atomic E-state index is 0.147. The van der Waals surface area contributed by atoms with E-state index in [-0.39, 0.29) is 11.2 Å². The van der Waals surface area contributed by atoms with Crippen LogP contribution in [-0.4, -0.2) is 40.7 Å². The molecule has 0 radical (unpaired) electrons. The minimum Gasteiger partial charge on any atom is -0.480 e. The van der Waals surface area contributed by atoms with Crippen LogP contribution in [0.2, 0.25) is 0 Å². The van der Waals surface area contributed by atoms with Gasteiger partial charge in [-0.2, -0.15) is 11.8 Å². The highest BCUT2D eigenvalue weighted by molar-refractivity contribution is 8.00. The Morgan fingerprint density at radius 2 is 2.22 bits per heavy atom. The number of rotatable bonds is 7. The predicted molar refractivity (Wildman–Crippen MR) is 72.9 cm³/mol. The van der Waals surface area contributed by atoms with Crippen molar-refractivity contribution in [1.29, 1.82) is 0 Å². The molecule has 1 unspecified atom stereocenters. The Bertz CT molecular complexity index is 324. The van der Waals surface area contributed by atoms with Gasteiger partial charge in [0.25, 0.3) is 0 Å². The van der Waals surface area contributed by atoms with Crippen molar-refractivity contribution in [2.45, 2.75) is 36.5 Å². The maximum Gasteiger partial charge on any atom is 0.326 e. The SMILES string of the molecule is C=CCC(NC(=O)NCC1(SC)CCC1)C(=O)O. The first-order chi connectivity index (χ1) is 8.53. The summed E-state index contributed by atoms with van der Waals surface area (Å²) < 4.78 is 0.147. The fourth-order valence-corrected chi connectivity index (χ4v) is 2.78. The van der Waals surface area contributed by atoms with Crippen LogP contribution < -0.4 is 10.6 Å². The zero-order chi connectivity index (χ0) is 13.6. The lowest BCUT2D eigenvalue weighted by atomic mass is 9.84. The fraction of sp³-hybridized carbons (Fsp3) is 0.667. The second kappa shape index (κ2) is 6.68. The molecule has 1 aliphatic carbocycles. The lowest BCUT2D eigenvalue weighted by Gasteiger charge is -2.40. The van der Waals surface area contributed by atoms with Crippen LogP contribution in [0.15, 0.2) is 12.7 Å². The third-order valence-corrected chi connectivity index (χ3v) is 4.69. The molecule has 2 amide bonds. The molecule has 0 bridgehead atoms. The average Bonchev–Trinajstić information content (AvgIpc) is 2.27. The average molecular weight is 272 g/mol. The van der Waals surface area contributed by atoms with Crippen LogP contribution in [-0.2, 0) is 4.79 Å². The van der Waals surface area contributed by atoms with E-state index < -0.39 is 18.0 Å². The number of urea groups is 1. The van der Waals surface area contributed by atoms with Gasteiger partial charge in [0.05, 0.1) is 0 Å². The number of aliphatic carboxylic acids is 1. The number of carbonyl (C=O) groups excluding carboxylic acids is 1. The molecule has 1 rings (SSSR count). The van der Waals surface area contributed by atoms with E-state index in [1.54, 1.807) is 11.8 Å². The molecule has 0 spiro atoms. The van der Waals surface area contributed by atoms with Gasteiger partial charge in [-0.15, -0.1) is 6.58 Å². The van der Waals surface area contributed by atoms with E-state index in [0.29, 0.717) is 6.54 Å². The van der Waals surface area contributed by atoms with Crippen molar-refractivity contribution in [3.8, 4) is 0 Å². The number of amides is 2. The summed E-state index contributed by atoms with van der Waals surface area (Å²) in [7, 11) is 0. The van der Waals surface area contributed by atoms with Gasteiger partial charge in [0.2, 0.25) is 0 Å². The first-order valence-corrected chi connectivity index (χ1v) is 7.19. The predicted octanol–water partition coefficient (Wildman–Crippen LogP) is 1.60. The molecule has 3 N–H and O–H groups in total. The Morgan fingerprint density at radius 1 is 1.56 bits per heavy atom. The summed E-state index contributed by atoms with van der Waals surface area (Å²) in [6, 6.07) is -1.33. The van der Waals surface area contributed by atoms with Crippen LogP contribution in [0.5, 0.6) is 0 Å². The molecule has 18 heavy (non-hydrogen) atoms. The monoisotopic (exact) mass is 272 g/mol. The van der Waals surface area contributed by atoms with Crippen molar-refractivity contribution in [2.75, 3.05) is 12.8 Å². The van der Waals surface area contributed by atoms with Gasteiger partial charge >= 0.3 is 12.0 Å². The summed E-state index contributed by atoms with van der Waals surface area (Å²) in [6.45, 7) is 4.06. The standard InChI is InChI=1S/C12H20N2O3S/c1-3-5-9(10(15)16)14-11(17)13-8-12(18-2)6-4-7-12/h3,9H,1,4-8H2,2H3,(H,15,16)(H2,13,14,17). The highest BCUT2D eigenvalue weighted by atomic mass is 32.2. The van der Waals surface area contributed by atoms with Gasteiger partial charge in [-0.05, 0) is 25.5 Å². The van der Waals surface area contributed by atoms with E-state index in [1.165, 1.54) is 12.5 Å². The summed E-state index contributed by atoms with van der Waals surface area (Å²) in [5, 5.41) is 14.1. The van der Waals surface area contributed by atoms with Crippen LogP contribution in [0, 0.1) is 0 Å². The Hall–Kier alpha value is -1.17. The second-order valence-corrected chi connectivity index (χ2v) is 5.76. The van der Waals surface area contributed by atoms with Gasteiger partial charge in [0.1, 0.15) is 6.04 Å². The molecule has 1 aliphatic rings. The number of carboxylic acids is 1. The van der Waals surface area contributed by atoms with Crippen molar-refractivity contribution >= 4 is 23.8 Å². The normalized spacial score (nSPS) is 18.3. The molecular formula is C12H20N2O3S. The number of hydrogen-bond donors (Lipinski definition) is 3. The van der Waals surface area contributed by atoms with Gasteiger partial charge in [-0.25, -0.2) is 9.59 Å². The first kappa shape index (κ1) is 14.9. The lowest BCUT2D eigenvalue weighted by Crippen LogP contribution is -2.51. The first-order valence-electron chi connectivity index (χ1n) is 5.96. The van der Waals surface area contributed by atoms with Crippen LogP contribution in [0.25, 0.3) is 0 Å². The quantitative estimate of drug-likeness (QED) is 0.615. The molecule has 0 aromatic rings. The molecule has 1 fully saturated rings. The van der Waals surface area contributed by atoms with Crippen molar-refractivity contribution < 1.29 is 14.7 Å². The van der Waals surface area contributed by atoms with E-state index in [9.17, 15) is 9.59 Å². The van der Waals surface area contributed by atoms with Crippen molar-refractivity contribution in [1.82, 2.24) is 10.6 Å². The van der Waals surface area contributed by atoms with Crippen molar-refractivity contribution in [3.63, 3.8) is 0 Å². The van der Waals surface area contributed by atoms with E-state index in [0.717, 1.165) is 12.8 Å². The molecule has 0 aromatic carbocycles. The molecule has 0 heterocycles. The minimum atomic E-state index is -1.05. The van der Waals surface area contributed by atoms with Gasteiger partial charge in [-0.1, -0.05) is 12.5 Å². The summed E-state index contributed by atoms with van der Waals surface area (Å²) in [5.74, 6) is -1.05. The zero-order valence-electron chi connectivity index (χ0n) is 10.6. The van der Waals surface area contributed by atoms with Gasteiger partial charge in [0.15, 0.2) is 0 Å². The number of nitrogens with one attached hydrogen (secondary N) is 2. The third kappa shape index (κ3) is 3.94. The van der Waals surface area contributed by atoms with E-state index in [1.807, 2.05) is 6.26 Å². The lowest BCUT2D eigenvalue weighted by molar-refractivity contribution is -0.139. The molecule has 102 valence electrons. The van der Waals surface area contributed by atoms with Crippen LogP contribution in [0.3, 0.4) is 0 Å². The Morgan fingerprint density at radius 3 is 2.61 bits per heavy atom. The van der Waals surface area contributed by atoms with Crippen LogP contribution in [0.1, 0.15) is 25.7 Å². The highest BCUT2D eigenvalue weighted by Gasteiger charge is 2.36. The zero-order valence-corrected chi connectivity index (χ0v) is 11.4. The number of carboxylic acid groups (broad SMARTS) is 1. The number of hydrogen-bond acceptors (Lipinski definition) is 3. The number of thioether (sulfide) groups is 1. The largest absolute Gasteiger partial charge is 0.480 e. The Balaban J connectivity index is 2.36. The molecule has 0 saturated heterocycles. The second-order valence-electron chi connectivity index (χ2n) is 4.48. The third-order valence-electron chi connectivity index (χ3n) is 3.27. The van der Waals surface area contributed by atoms with Gasteiger partial charge < -0.3 is 15.7 Å². The Kier molecular flexibility index (Phi) is 5.53. The summed E-state index contributed by atoms with van der Waals surface area (Å²) in [4.78, 5) is 22.5. The molecule has 6 heteroatoms. The topological polar surface area (TPSA) is 78.4 Å². The summed E-state index contributed by atoms with van der Waals surface area (Å²) in [6.07, 6.45) is 7.13. The highest BCUT2D eigenvalue weighted by Crippen LogP contribution is 2.42. The molecule has 5 nitrogen and oxygen atoms in total. The smallest absolute Gasteiger partial charge is 0.326 e. The van der Waals surface area contributed by atoms with Crippen molar-refractivity contribution in [3.05, 3.63) is 12.7 Å². The van der Waals surface area contributed by atoms with Crippen LogP contribution >= 0.6 is 11.8 Å². The molecule has 0 aromatic heterocycles. The maximum atomic E-state index is 11.6. The van der Waals surface area contributed by atoms with E-state index in [2.05, 4.69) is 17.2 Å². The maximum absolute atomic E-state index is 11.6. The molecule has 0 aliphatic heterocycles. The summed E-state index contributed by atoms with van der Waals surface area (Å²) >= 11 is 1.76. The van der Waals surface area contributed by atoms with Gasteiger partial charge in [0, 0.05) is 11.3 Å². The fourth-order valence-electron chi connectivity index (χ4n) is 1.86. The molecular weight excluding hydrogens is 252 g/mol. The van der Waals surface area contributed by atoms with Crippen molar-refractivity contribution in [2.24, 2.45) is 0 Å². The van der Waals surface area contributed by atoms with Gasteiger partial charge in [-0.3, -0.25) is 0 Å². The Labute approximate surface area is 111 Å². The molecule has 1 saturated carbocycles. The van der Waals surface area contributed by atoms with E-state index >= 15 is 0 Å². The van der Waals surface area contributed by atoms with Crippen LogP contribution in [0.4, 0.5) is 4.79 Å². The van der Waals surface area contributed by atoms with E-state index in [4.69, 9.17) is 5.11 Å².